The number of hydrogen-bond donors (Lipinski definition) is 0. The van der Waals surface area contributed by atoms with E-state index in [4.69, 9.17) is 4.98 Å². The molecule has 0 aliphatic rings. The summed E-state index contributed by atoms with van der Waals surface area (Å²) >= 11 is 0. The summed E-state index contributed by atoms with van der Waals surface area (Å²) in [6.45, 7) is 0. The predicted molar refractivity (Wildman–Crippen MR) is 181 cm³/mol. The molecule has 0 N–H and O–H groups in total. The van der Waals surface area contributed by atoms with E-state index in [9.17, 15) is 5.26 Å². The maximum Gasteiger partial charge on any atom is 0.145 e. The van der Waals surface area contributed by atoms with Crippen LogP contribution in [-0.2, 0) is 0 Å². The van der Waals surface area contributed by atoms with E-state index in [1.54, 1.807) is 0 Å². The third-order valence-corrected chi connectivity index (χ3v) is 8.20. The number of nitrogens with zero attached hydrogens (tertiary/aromatic N) is 4. The molecule has 0 spiro atoms. The number of nitriles is 1. The van der Waals surface area contributed by atoms with Gasteiger partial charge in [0.05, 0.1) is 22.7 Å². The van der Waals surface area contributed by atoms with Crippen LogP contribution >= 0.6 is 0 Å². The average molecular weight is 563 g/mol. The number of imidazole rings is 1. The van der Waals surface area contributed by atoms with Crippen LogP contribution in [0.15, 0.2) is 158 Å². The molecule has 4 heteroatoms. The molecular weight excluding hydrogens is 536 g/mol. The summed E-state index contributed by atoms with van der Waals surface area (Å²) < 4.78 is 2.27. The Morgan fingerprint density at radius 1 is 0.500 bits per heavy atom. The highest BCUT2D eigenvalue weighted by Crippen LogP contribution is 2.40. The lowest BCUT2D eigenvalue weighted by Crippen LogP contribution is -2.09. The molecule has 0 aliphatic heterocycles. The fraction of sp³-hybridized carbons (Fsp3) is 0. The number of fused-ring (bicyclic) bond motifs is 6. The van der Waals surface area contributed by atoms with Crippen LogP contribution in [0.25, 0.3) is 49.7 Å². The van der Waals surface area contributed by atoms with Gasteiger partial charge in [-0.05, 0) is 83.6 Å². The van der Waals surface area contributed by atoms with Gasteiger partial charge in [-0.3, -0.25) is 4.57 Å². The van der Waals surface area contributed by atoms with Gasteiger partial charge in [-0.1, -0.05) is 84.9 Å². The average Bonchev–Trinajstić information content (AvgIpc) is 3.51. The summed E-state index contributed by atoms with van der Waals surface area (Å²) in [7, 11) is 0. The van der Waals surface area contributed by atoms with Crippen LogP contribution in [0.2, 0.25) is 0 Å². The van der Waals surface area contributed by atoms with Crippen molar-refractivity contribution in [2.45, 2.75) is 0 Å². The van der Waals surface area contributed by atoms with Crippen molar-refractivity contribution in [3.8, 4) is 23.1 Å². The second kappa shape index (κ2) is 10.6. The van der Waals surface area contributed by atoms with Crippen LogP contribution in [0.4, 0.5) is 17.1 Å². The van der Waals surface area contributed by atoms with Gasteiger partial charge in [-0.15, -0.1) is 0 Å². The quantitative estimate of drug-likeness (QED) is 0.196. The third kappa shape index (κ3) is 4.19. The topological polar surface area (TPSA) is 44.9 Å². The van der Waals surface area contributed by atoms with Crippen molar-refractivity contribution < 1.29 is 0 Å². The first kappa shape index (κ1) is 25.5. The van der Waals surface area contributed by atoms with Gasteiger partial charge in [0.25, 0.3) is 0 Å². The molecule has 0 amide bonds. The van der Waals surface area contributed by atoms with Gasteiger partial charge in [-0.2, -0.15) is 5.26 Å². The monoisotopic (exact) mass is 562 g/mol. The molecule has 4 nitrogen and oxygen atoms in total. The summed E-state index contributed by atoms with van der Waals surface area (Å²) in [5, 5.41) is 14.1. The van der Waals surface area contributed by atoms with Crippen molar-refractivity contribution in [2.24, 2.45) is 0 Å². The fourth-order valence-corrected chi connectivity index (χ4v) is 6.20. The Bertz CT molecular complexity index is 2270. The second-order valence-electron chi connectivity index (χ2n) is 10.8. The minimum Gasteiger partial charge on any atom is -0.311 e. The zero-order valence-corrected chi connectivity index (χ0v) is 23.8. The number of benzene rings is 7. The molecule has 0 saturated carbocycles. The van der Waals surface area contributed by atoms with Gasteiger partial charge >= 0.3 is 0 Å². The molecular formula is C40H26N4. The van der Waals surface area contributed by atoms with Gasteiger partial charge in [0.2, 0.25) is 0 Å². The molecule has 0 saturated heterocycles. The van der Waals surface area contributed by atoms with E-state index < -0.39 is 0 Å². The molecule has 0 fully saturated rings. The molecule has 0 aliphatic carbocycles. The van der Waals surface area contributed by atoms with Gasteiger partial charge in [-0.25, -0.2) is 4.98 Å². The first-order valence-electron chi connectivity index (χ1n) is 14.6. The molecule has 7 aromatic carbocycles. The summed E-state index contributed by atoms with van der Waals surface area (Å²) in [6.07, 6.45) is 0. The van der Waals surface area contributed by atoms with E-state index in [1.807, 2.05) is 36.4 Å². The molecule has 8 aromatic rings. The highest BCUT2D eigenvalue weighted by molar-refractivity contribution is 6.24. The Kier molecular flexibility index (Phi) is 6.14. The number of anilines is 3. The maximum atomic E-state index is 9.44. The lowest BCUT2D eigenvalue weighted by molar-refractivity contribution is 1.10. The van der Waals surface area contributed by atoms with E-state index in [0.29, 0.717) is 5.56 Å². The van der Waals surface area contributed by atoms with Crippen LogP contribution < -0.4 is 4.90 Å². The summed E-state index contributed by atoms with van der Waals surface area (Å²) in [5.74, 6) is 0.835. The minimum absolute atomic E-state index is 0.624. The molecule has 1 heterocycles. The Hall–Kier alpha value is -6.18. The van der Waals surface area contributed by atoms with Crippen molar-refractivity contribution in [1.82, 2.24) is 9.55 Å². The molecule has 44 heavy (non-hydrogen) atoms. The molecule has 0 unspecified atom stereocenters. The summed E-state index contributed by atoms with van der Waals surface area (Å²) in [4.78, 5) is 7.58. The lowest BCUT2D eigenvalue weighted by atomic mass is 10.00. The molecule has 0 bridgehead atoms. The summed E-state index contributed by atoms with van der Waals surface area (Å²) in [5.41, 5.74) is 7.85. The van der Waals surface area contributed by atoms with Crippen molar-refractivity contribution in [3.63, 3.8) is 0 Å². The van der Waals surface area contributed by atoms with Gasteiger partial charge in [0.15, 0.2) is 0 Å². The van der Waals surface area contributed by atoms with Crippen LogP contribution in [0.1, 0.15) is 5.56 Å². The van der Waals surface area contributed by atoms with Gasteiger partial charge in [0, 0.05) is 39.1 Å². The fourth-order valence-electron chi connectivity index (χ4n) is 6.20. The van der Waals surface area contributed by atoms with Gasteiger partial charge < -0.3 is 4.90 Å². The van der Waals surface area contributed by atoms with E-state index in [1.165, 1.54) is 10.8 Å². The third-order valence-electron chi connectivity index (χ3n) is 8.20. The number of para-hydroxylation sites is 2. The molecule has 206 valence electrons. The van der Waals surface area contributed by atoms with Gasteiger partial charge in [0.1, 0.15) is 5.82 Å². The van der Waals surface area contributed by atoms with Crippen LogP contribution in [0.5, 0.6) is 0 Å². The Morgan fingerprint density at radius 3 is 1.59 bits per heavy atom. The molecule has 0 atom stereocenters. The maximum absolute atomic E-state index is 9.44. The number of hydrogen-bond acceptors (Lipinski definition) is 3. The second-order valence-corrected chi connectivity index (χ2v) is 10.8. The zero-order chi connectivity index (χ0) is 29.5. The van der Waals surface area contributed by atoms with Crippen LogP contribution in [0, 0.1) is 11.3 Å². The highest BCUT2D eigenvalue weighted by Gasteiger charge is 2.20. The summed E-state index contributed by atoms with van der Waals surface area (Å²) in [6, 6.07) is 56.5. The standard InChI is InChI=1S/C40H26N4/c41-27-28-19-21-29(22-20-28)40-42-38-36-17-9-7-15-34(36)35-16-8-10-18-37(35)39(38)44(40)33-25-23-32(24-26-33)43(30-11-3-1-4-12-30)31-13-5-2-6-14-31/h1-26H. The lowest BCUT2D eigenvalue weighted by Gasteiger charge is -2.25. The first-order chi connectivity index (χ1) is 21.8. The first-order valence-corrected chi connectivity index (χ1v) is 14.6. The van der Waals surface area contributed by atoms with Crippen LogP contribution in [-0.4, -0.2) is 9.55 Å². The molecule has 0 radical (unpaired) electrons. The minimum atomic E-state index is 0.624. The highest BCUT2D eigenvalue weighted by atomic mass is 15.1. The smallest absolute Gasteiger partial charge is 0.145 e. The van der Waals surface area contributed by atoms with Crippen molar-refractivity contribution >= 4 is 49.6 Å². The van der Waals surface area contributed by atoms with Crippen molar-refractivity contribution in [1.29, 1.82) is 5.26 Å². The number of rotatable bonds is 5. The van der Waals surface area contributed by atoms with E-state index in [-0.39, 0.29) is 0 Å². The number of aromatic nitrogens is 2. The van der Waals surface area contributed by atoms with E-state index in [2.05, 4.69) is 137 Å². The Morgan fingerprint density at radius 2 is 1.00 bits per heavy atom. The van der Waals surface area contributed by atoms with Crippen LogP contribution in [0.3, 0.4) is 0 Å². The zero-order valence-electron chi connectivity index (χ0n) is 23.8. The molecule has 1 aromatic heterocycles. The predicted octanol–water partition coefficient (Wildman–Crippen LogP) is 10.3. The molecule has 8 rings (SSSR count). The normalized spacial score (nSPS) is 11.2. The Balaban J connectivity index is 1.39. The van der Waals surface area contributed by atoms with E-state index >= 15 is 0 Å². The SMILES string of the molecule is N#Cc1ccc(-c2nc3c4ccccc4c4ccccc4c3n2-c2ccc(N(c3ccccc3)c3ccccc3)cc2)cc1. The Labute approximate surface area is 255 Å². The van der Waals surface area contributed by atoms with Crippen molar-refractivity contribution in [2.75, 3.05) is 4.90 Å². The van der Waals surface area contributed by atoms with Crippen molar-refractivity contribution in [3.05, 3.63) is 163 Å². The van der Waals surface area contributed by atoms with E-state index in [0.717, 1.165) is 55.9 Å². The largest absolute Gasteiger partial charge is 0.311 e.